The Bertz CT molecular complexity index is 1460. The van der Waals surface area contributed by atoms with Crippen molar-refractivity contribution in [2.45, 2.75) is 89.1 Å². The van der Waals surface area contributed by atoms with Crippen LogP contribution in [-0.4, -0.2) is 59.2 Å². The quantitative estimate of drug-likeness (QED) is 0.162. The van der Waals surface area contributed by atoms with E-state index in [1.807, 2.05) is 72.8 Å². The molecular weight excluding hydrogens is 630 g/mol. The average Bonchev–Trinajstić information content (AvgIpc) is 3.10. The van der Waals surface area contributed by atoms with Gasteiger partial charge < -0.3 is 35.2 Å². The molecule has 3 aromatic carbocycles. The Morgan fingerprint density at radius 1 is 0.875 bits per heavy atom. The standard InChI is InChI=1S/C38H48ClN3O6/c1-27(44)40-20-4-2-3-5-36(45)41-24-28-6-12-31(13-7-28)37-47-34(23-35(48-37)30-10-8-29(26-43)9-11-30)25-42-21-18-38(46,19-22-42)32-14-16-33(39)17-15-32/h6-17,34-35,37,43,46H,2-5,18-26H2,1H3,(H,40,44)(H,41,45)/t34-,35+,37+/m1/s1. The Hall–Kier alpha value is -3.31. The van der Waals surface area contributed by atoms with Crippen molar-refractivity contribution in [2.24, 2.45) is 0 Å². The van der Waals surface area contributed by atoms with Crippen molar-refractivity contribution in [3.8, 4) is 0 Å². The number of hydrogen-bond acceptors (Lipinski definition) is 7. The van der Waals surface area contributed by atoms with Gasteiger partial charge in [-0.25, -0.2) is 0 Å². The summed E-state index contributed by atoms with van der Waals surface area (Å²) in [7, 11) is 0. The normalized spacial score (nSPS) is 21.0. The van der Waals surface area contributed by atoms with Gasteiger partial charge in [-0.3, -0.25) is 9.59 Å². The topological polar surface area (TPSA) is 120 Å². The van der Waals surface area contributed by atoms with Crippen molar-refractivity contribution in [1.29, 1.82) is 0 Å². The van der Waals surface area contributed by atoms with E-state index < -0.39 is 11.9 Å². The minimum Gasteiger partial charge on any atom is -0.392 e. The number of benzene rings is 3. The van der Waals surface area contributed by atoms with Crippen molar-refractivity contribution >= 4 is 23.4 Å². The molecule has 0 bridgehead atoms. The summed E-state index contributed by atoms with van der Waals surface area (Å²) in [4.78, 5) is 25.7. The molecule has 0 unspecified atom stereocenters. The predicted molar refractivity (Wildman–Crippen MR) is 185 cm³/mol. The van der Waals surface area contributed by atoms with E-state index >= 15 is 0 Å². The lowest BCUT2D eigenvalue weighted by Crippen LogP contribution is -2.46. The van der Waals surface area contributed by atoms with Crippen molar-refractivity contribution in [2.75, 3.05) is 26.2 Å². The van der Waals surface area contributed by atoms with Crippen LogP contribution in [0, 0.1) is 0 Å². The number of unbranched alkanes of at least 4 members (excludes halogenated alkanes) is 2. The number of amides is 2. The molecule has 0 aliphatic carbocycles. The number of nitrogens with zero attached hydrogens (tertiary/aromatic N) is 1. The molecule has 0 radical (unpaired) electrons. The molecular formula is C38H48ClN3O6. The molecule has 3 aromatic rings. The number of carbonyl (C=O) groups excluding carboxylic acids is 2. The first kappa shape index (κ1) is 36.0. The highest BCUT2D eigenvalue weighted by atomic mass is 35.5. The summed E-state index contributed by atoms with van der Waals surface area (Å²) in [5.74, 6) is -0.0172. The summed E-state index contributed by atoms with van der Waals surface area (Å²) < 4.78 is 13.1. The fourth-order valence-corrected chi connectivity index (χ4v) is 6.53. The number of ether oxygens (including phenoxy) is 2. The lowest BCUT2D eigenvalue weighted by Gasteiger charge is -2.42. The van der Waals surface area contributed by atoms with Crippen molar-refractivity contribution < 1.29 is 29.3 Å². The third kappa shape index (κ3) is 10.3. The molecule has 2 fully saturated rings. The molecule has 10 heteroatoms. The van der Waals surface area contributed by atoms with E-state index in [-0.39, 0.29) is 30.6 Å². The first-order valence-corrected chi connectivity index (χ1v) is 17.4. The van der Waals surface area contributed by atoms with Gasteiger partial charge in [0.1, 0.15) is 0 Å². The highest BCUT2D eigenvalue weighted by Gasteiger charge is 2.37. The van der Waals surface area contributed by atoms with Crippen LogP contribution in [0.15, 0.2) is 72.8 Å². The van der Waals surface area contributed by atoms with E-state index in [4.69, 9.17) is 21.1 Å². The molecule has 2 aliphatic rings. The van der Waals surface area contributed by atoms with Crippen LogP contribution in [0.2, 0.25) is 5.02 Å². The van der Waals surface area contributed by atoms with E-state index in [0.717, 1.165) is 66.7 Å². The summed E-state index contributed by atoms with van der Waals surface area (Å²) in [5.41, 5.74) is 3.82. The number of aliphatic hydroxyl groups excluding tert-OH is 1. The molecule has 3 atom stereocenters. The summed E-state index contributed by atoms with van der Waals surface area (Å²) in [6, 6.07) is 23.3. The van der Waals surface area contributed by atoms with E-state index in [2.05, 4.69) is 15.5 Å². The summed E-state index contributed by atoms with van der Waals surface area (Å²) in [6.45, 7) is 4.80. The number of carbonyl (C=O) groups is 2. The Morgan fingerprint density at radius 2 is 1.54 bits per heavy atom. The number of likely N-dealkylation sites (tertiary alicyclic amines) is 1. The molecule has 5 rings (SSSR count). The fourth-order valence-electron chi connectivity index (χ4n) is 6.41. The number of halogens is 1. The van der Waals surface area contributed by atoms with Crippen LogP contribution < -0.4 is 10.6 Å². The molecule has 2 amide bonds. The molecule has 4 N–H and O–H groups in total. The lowest BCUT2D eigenvalue weighted by atomic mass is 9.84. The van der Waals surface area contributed by atoms with Crippen LogP contribution in [0.1, 0.15) is 92.1 Å². The van der Waals surface area contributed by atoms with Crippen molar-refractivity contribution in [3.63, 3.8) is 0 Å². The Morgan fingerprint density at radius 3 is 2.21 bits per heavy atom. The van der Waals surface area contributed by atoms with Crippen LogP contribution in [-0.2, 0) is 37.8 Å². The second kappa shape index (κ2) is 17.4. The van der Waals surface area contributed by atoms with Crippen LogP contribution in [0.25, 0.3) is 0 Å². The second-order valence-electron chi connectivity index (χ2n) is 13.0. The molecule has 2 heterocycles. The van der Waals surface area contributed by atoms with Crippen LogP contribution in [0.3, 0.4) is 0 Å². The number of aliphatic hydroxyl groups is 2. The number of piperidine rings is 1. The van der Waals surface area contributed by atoms with Crippen molar-refractivity contribution in [1.82, 2.24) is 15.5 Å². The molecule has 48 heavy (non-hydrogen) atoms. The minimum atomic E-state index is -0.868. The lowest BCUT2D eigenvalue weighted by molar-refractivity contribution is -0.253. The molecule has 0 aromatic heterocycles. The minimum absolute atomic E-state index is 0.00969. The van der Waals surface area contributed by atoms with E-state index in [0.29, 0.717) is 43.8 Å². The van der Waals surface area contributed by atoms with Gasteiger partial charge in [-0.2, -0.15) is 0 Å². The maximum absolute atomic E-state index is 12.3. The number of rotatable bonds is 14. The highest BCUT2D eigenvalue weighted by Crippen LogP contribution is 2.39. The number of hydrogen-bond donors (Lipinski definition) is 4. The Labute approximate surface area is 288 Å². The van der Waals surface area contributed by atoms with Gasteiger partial charge in [0.05, 0.1) is 24.4 Å². The van der Waals surface area contributed by atoms with Gasteiger partial charge in [0.15, 0.2) is 6.29 Å². The molecule has 2 aliphatic heterocycles. The maximum atomic E-state index is 12.3. The third-order valence-electron chi connectivity index (χ3n) is 9.34. The molecule has 2 saturated heterocycles. The van der Waals surface area contributed by atoms with E-state index in [9.17, 15) is 19.8 Å². The first-order chi connectivity index (χ1) is 23.2. The zero-order valence-corrected chi connectivity index (χ0v) is 28.5. The third-order valence-corrected chi connectivity index (χ3v) is 9.59. The van der Waals surface area contributed by atoms with Gasteiger partial charge in [-0.1, -0.05) is 78.7 Å². The van der Waals surface area contributed by atoms with Crippen molar-refractivity contribution in [3.05, 3.63) is 106 Å². The fraction of sp³-hybridized carbons (Fsp3) is 0.474. The van der Waals surface area contributed by atoms with E-state index in [1.54, 1.807) is 0 Å². The SMILES string of the molecule is CC(=O)NCCCCCC(=O)NCc1ccc([C@H]2O[C@@H](CN3CCC(O)(c4ccc(Cl)cc4)CC3)C[C@@H](c3ccc(CO)cc3)O2)cc1. The summed E-state index contributed by atoms with van der Waals surface area (Å²) >= 11 is 6.07. The van der Waals surface area contributed by atoms with Gasteiger partial charge in [-0.15, -0.1) is 0 Å². The van der Waals surface area contributed by atoms with Crippen LogP contribution in [0.4, 0.5) is 0 Å². The molecule has 258 valence electrons. The average molecular weight is 678 g/mol. The molecule has 0 saturated carbocycles. The molecule has 0 spiro atoms. The van der Waals surface area contributed by atoms with Crippen LogP contribution >= 0.6 is 11.6 Å². The largest absolute Gasteiger partial charge is 0.392 e. The van der Waals surface area contributed by atoms with E-state index in [1.165, 1.54) is 6.92 Å². The monoisotopic (exact) mass is 677 g/mol. The Kier molecular flexibility index (Phi) is 13.0. The van der Waals surface area contributed by atoms with Gasteiger partial charge in [0.2, 0.25) is 11.8 Å². The van der Waals surface area contributed by atoms with Gasteiger partial charge in [0, 0.05) is 63.1 Å². The molecule has 9 nitrogen and oxygen atoms in total. The van der Waals surface area contributed by atoms with Gasteiger partial charge in [-0.05, 0) is 60.1 Å². The van der Waals surface area contributed by atoms with Crippen LogP contribution in [0.5, 0.6) is 0 Å². The number of nitrogens with one attached hydrogen (secondary N) is 2. The Balaban J connectivity index is 1.17. The second-order valence-corrected chi connectivity index (χ2v) is 13.4. The highest BCUT2D eigenvalue weighted by molar-refractivity contribution is 6.30. The first-order valence-electron chi connectivity index (χ1n) is 17.0. The van der Waals surface area contributed by atoms with Gasteiger partial charge >= 0.3 is 0 Å². The summed E-state index contributed by atoms with van der Waals surface area (Å²) in [5, 5.41) is 27.3. The zero-order valence-electron chi connectivity index (χ0n) is 27.7. The predicted octanol–water partition coefficient (Wildman–Crippen LogP) is 5.67. The smallest absolute Gasteiger partial charge is 0.220 e. The van der Waals surface area contributed by atoms with Gasteiger partial charge in [0.25, 0.3) is 0 Å². The zero-order chi connectivity index (χ0) is 33.9. The summed E-state index contributed by atoms with van der Waals surface area (Å²) in [6.07, 6.45) is 4.09. The maximum Gasteiger partial charge on any atom is 0.220 e.